The zero-order chi connectivity index (χ0) is 13.4. The number of anilines is 1. The van der Waals surface area contributed by atoms with Crippen LogP contribution in [0.2, 0.25) is 0 Å². The van der Waals surface area contributed by atoms with Crippen molar-refractivity contribution >= 4 is 11.8 Å². The van der Waals surface area contributed by atoms with Gasteiger partial charge in [-0.3, -0.25) is 0 Å². The fraction of sp³-hybridized carbons (Fsp3) is 0.500. The predicted molar refractivity (Wildman–Crippen MR) is 69.1 cm³/mol. The first-order valence-corrected chi connectivity index (χ1v) is 5.75. The largest absolute Gasteiger partial charge is 0.478 e. The smallest absolute Gasteiger partial charge is 0.339 e. The van der Waals surface area contributed by atoms with E-state index in [1.807, 2.05) is 7.05 Å². The molecule has 0 unspecified atom stereocenters. The van der Waals surface area contributed by atoms with E-state index in [0.717, 1.165) is 13.1 Å². The number of nitrogens with one attached hydrogen (secondary N) is 1. The van der Waals surface area contributed by atoms with Crippen LogP contribution in [0.1, 0.15) is 10.4 Å². The van der Waals surface area contributed by atoms with Crippen LogP contribution in [0, 0.1) is 0 Å². The molecule has 1 heterocycles. The van der Waals surface area contributed by atoms with E-state index in [0.29, 0.717) is 19.0 Å². The Balaban J connectivity index is 2.41. The highest BCUT2D eigenvalue weighted by Crippen LogP contribution is 2.10. The summed E-state index contributed by atoms with van der Waals surface area (Å²) < 4.78 is 4.98. The lowest BCUT2D eigenvalue weighted by Crippen LogP contribution is -2.28. The normalized spacial score (nSPS) is 10.6. The third kappa shape index (κ3) is 4.68. The number of rotatable bonds is 8. The molecule has 18 heavy (non-hydrogen) atoms. The Kier molecular flexibility index (Phi) is 6.10. The number of aromatic carboxylic acids is 1. The third-order valence-corrected chi connectivity index (χ3v) is 2.50. The Morgan fingerprint density at radius 2 is 2.33 bits per heavy atom. The lowest BCUT2D eigenvalue weighted by atomic mass is 10.2. The van der Waals surface area contributed by atoms with Crippen LogP contribution in [-0.2, 0) is 4.74 Å². The molecule has 0 aromatic carbocycles. The van der Waals surface area contributed by atoms with Crippen LogP contribution in [0.3, 0.4) is 0 Å². The van der Waals surface area contributed by atoms with E-state index >= 15 is 0 Å². The van der Waals surface area contributed by atoms with Crippen LogP contribution in [0.25, 0.3) is 0 Å². The van der Waals surface area contributed by atoms with Gasteiger partial charge in [0.15, 0.2) is 0 Å². The average Bonchev–Trinajstić information content (AvgIpc) is 2.36. The molecule has 1 aromatic heterocycles. The Morgan fingerprint density at radius 1 is 1.56 bits per heavy atom. The number of methoxy groups -OCH3 is 1. The van der Waals surface area contributed by atoms with Crippen molar-refractivity contribution in [3.8, 4) is 0 Å². The van der Waals surface area contributed by atoms with Gasteiger partial charge in [0.1, 0.15) is 11.4 Å². The molecular weight excluding hydrogens is 234 g/mol. The Labute approximate surface area is 107 Å². The number of carboxylic acids is 1. The highest BCUT2D eigenvalue weighted by atomic mass is 16.5. The van der Waals surface area contributed by atoms with Crippen LogP contribution < -0.4 is 5.32 Å². The quantitative estimate of drug-likeness (QED) is 0.713. The highest BCUT2D eigenvalue weighted by molar-refractivity contribution is 5.92. The molecule has 0 saturated heterocycles. The minimum Gasteiger partial charge on any atom is -0.478 e. The minimum absolute atomic E-state index is 0.192. The molecule has 0 saturated carbocycles. The van der Waals surface area contributed by atoms with Crippen molar-refractivity contribution in [3.63, 3.8) is 0 Å². The summed E-state index contributed by atoms with van der Waals surface area (Å²) in [4.78, 5) is 17.1. The van der Waals surface area contributed by atoms with Gasteiger partial charge in [-0.25, -0.2) is 9.78 Å². The van der Waals surface area contributed by atoms with E-state index in [1.54, 1.807) is 19.4 Å². The van der Waals surface area contributed by atoms with Gasteiger partial charge in [-0.1, -0.05) is 0 Å². The number of hydrogen-bond donors (Lipinski definition) is 2. The maximum atomic E-state index is 11.0. The molecule has 0 atom stereocenters. The molecule has 0 radical (unpaired) electrons. The van der Waals surface area contributed by atoms with Gasteiger partial charge in [0.05, 0.1) is 6.61 Å². The molecule has 0 amide bonds. The van der Waals surface area contributed by atoms with E-state index in [4.69, 9.17) is 9.84 Å². The van der Waals surface area contributed by atoms with Crippen LogP contribution in [0.15, 0.2) is 18.3 Å². The molecule has 0 aliphatic carbocycles. The average molecular weight is 253 g/mol. The van der Waals surface area contributed by atoms with Crippen LogP contribution >= 0.6 is 0 Å². The van der Waals surface area contributed by atoms with E-state index in [2.05, 4.69) is 15.2 Å². The Bertz CT molecular complexity index is 385. The van der Waals surface area contributed by atoms with E-state index in [9.17, 15) is 4.79 Å². The van der Waals surface area contributed by atoms with Crippen molar-refractivity contribution in [1.29, 1.82) is 0 Å². The SMILES string of the molecule is COCCN(C)CCNc1ncccc1C(=O)O. The first-order valence-electron chi connectivity index (χ1n) is 5.75. The van der Waals surface area contributed by atoms with Crippen molar-refractivity contribution in [2.75, 3.05) is 45.7 Å². The predicted octanol–water partition coefficient (Wildman–Crippen LogP) is 0.770. The first-order chi connectivity index (χ1) is 8.65. The zero-order valence-electron chi connectivity index (χ0n) is 10.7. The molecule has 0 fully saturated rings. The molecule has 2 N–H and O–H groups in total. The first kappa shape index (κ1) is 14.4. The van der Waals surface area contributed by atoms with Crippen LogP contribution in [-0.4, -0.2) is 61.4 Å². The molecule has 0 aliphatic rings. The van der Waals surface area contributed by atoms with Crippen molar-refractivity contribution in [2.24, 2.45) is 0 Å². The number of carbonyl (C=O) groups is 1. The van der Waals surface area contributed by atoms with Gasteiger partial charge in [-0.2, -0.15) is 0 Å². The molecular formula is C12H19N3O3. The maximum absolute atomic E-state index is 11.0. The number of hydrogen-bond acceptors (Lipinski definition) is 5. The summed E-state index contributed by atoms with van der Waals surface area (Å²) in [6.45, 7) is 2.95. The number of carboxylic acid groups (broad SMARTS) is 1. The lowest BCUT2D eigenvalue weighted by molar-refractivity contribution is 0.0697. The van der Waals surface area contributed by atoms with Crippen LogP contribution in [0.4, 0.5) is 5.82 Å². The van der Waals surface area contributed by atoms with Crippen LogP contribution in [0.5, 0.6) is 0 Å². The molecule has 0 spiro atoms. The lowest BCUT2D eigenvalue weighted by Gasteiger charge is -2.16. The summed E-state index contributed by atoms with van der Waals surface area (Å²) in [6.07, 6.45) is 1.57. The maximum Gasteiger partial charge on any atom is 0.339 e. The fourth-order valence-corrected chi connectivity index (χ4v) is 1.44. The Morgan fingerprint density at radius 3 is 3.00 bits per heavy atom. The third-order valence-electron chi connectivity index (χ3n) is 2.50. The van der Waals surface area contributed by atoms with Crippen molar-refractivity contribution in [2.45, 2.75) is 0 Å². The minimum atomic E-state index is -0.974. The van der Waals surface area contributed by atoms with Gasteiger partial charge in [0.25, 0.3) is 0 Å². The van der Waals surface area contributed by atoms with Gasteiger partial charge in [-0.15, -0.1) is 0 Å². The summed E-state index contributed by atoms with van der Waals surface area (Å²) >= 11 is 0. The van der Waals surface area contributed by atoms with Crippen molar-refractivity contribution < 1.29 is 14.6 Å². The number of pyridine rings is 1. The molecule has 0 aliphatic heterocycles. The zero-order valence-corrected chi connectivity index (χ0v) is 10.7. The molecule has 6 heteroatoms. The van der Waals surface area contributed by atoms with E-state index in [1.165, 1.54) is 6.07 Å². The second kappa shape index (κ2) is 7.62. The number of ether oxygens (including phenoxy) is 1. The van der Waals surface area contributed by atoms with Gasteiger partial charge in [0, 0.05) is 32.9 Å². The summed E-state index contributed by atoms with van der Waals surface area (Å²) in [6, 6.07) is 3.14. The Hall–Kier alpha value is -1.66. The number of aromatic nitrogens is 1. The molecule has 1 rings (SSSR count). The summed E-state index contributed by atoms with van der Waals surface area (Å²) in [7, 11) is 3.65. The highest BCUT2D eigenvalue weighted by Gasteiger charge is 2.09. The second-order valence-electron chi connectivity index (χ2n) is 3.93. The molecule has 1 aromatic rings. The second-order valence-corrected chi connectivity index (χ2v) is 3.93. The number of likely N-dealkylation sites (N-methyl/N-ethyl adjacent to an activating group) is 1. The van der Waals surface area contributed by atoms with E-state index in [-0.39, 0.29) is 5.56 Å². The number of nitrogens with zero attached hydrogens (tertiary/aromatic N) is 2. The topological polar surface area (TPSA) is 74.7 Å². The van der Waals surface area contributed by atoms with Gasteiger partial charge in [0.2, 0.25) is 0 Å². The van der Waals surface area contributed by atoms with Crippen molar-refractivity contribution in [3.05, 3.63) is 23.9 Å². The summed E-state index contributed by atoms with van der Waals surface area (Å²) in [5.74, 6) is -0.566. The summed E-state index contributed by atoms with van der Waals surface area (Å²) in [5, 5.41) is 12.0. The summed E-state index contributed by atoms with van der Waals surface area (Å²) in [5.41, 5.74) is 0.192. The molecule has 0 bridgehead atoms. The standard InChI is InChI=1S/C12H19N3O3/c1-15(8-9-18-2)7-6-14-11-10(12(16)17)4-3-5-13-11/h3-5H,6-9H2,1-2H3,(H,13,14)(H,16,17). The van der Waals surface area contributed by atoms with E-state index < -0.39 is 5.97 Å². The monoisotopic (exact) mass is 253 g/mol. The molecule has 6 nitrogen and oxygen atoms in total. The van der Waals surface area contributed by atoms with Gasteiger partial charge in [-0.05, 0) is 19.2 Å². The fourth-order valence-electron chi connectivity index (χ4n) is 1.44. The van der Waals surface area contributed by atoms with Crippen molar-refractivity contribution in [1.82, 2.24) is 9.88 Å². The van der Waals surface area contributed by atoms with Gasteiger partial charge < -0.3 is 20.1 Å². The molecule has 100 valence electrons. The van der Waals surface area contributed by atoms with Gasteiger partial charge >= 0.3 is 5.97 Å².